The van der Waals surface area contributed by atoms with Gasteiger partial charge in [-0.3, -0.25) is 4.68 Å². The lowest BCUT2D eigenvalue weighted by Crippen LogP contribution is -2.38. The number of hydrogen-bond donors (Lipinski definition) is 2. The molecule has 0 aromatic carbocycles. The van der Waals surface area contributed by atoms with E-state index in [1.807, 2.05) is 11.7 Å². The predicted molar refractivity (Wildman–Crippen MR) is 89.7 cm³/mol. The number of nitrogens with two attached hydrogens (primary N) is 1. The largest absolute Gasteiger partial charge is 0.394 e. The van der Waals surface area contributed by atoms with Crippen molar-refractivity contribution in [2.45, 2.75) is 58.4 Å². The van der Waals surface area contributed by atoms with Gasteiger partial charge in [0.2, 0.25) is 0 Å². The molecule has 3 N–H and O–H groups in total. The fraction of sp³-hybridized carbons (Fsp3) is 0.812. The molecule has 120 valence electrons. The summed E-state index contributed by atoms with van der Waals surface area (Å²) in [5, 5.41) is 7.97. The Balaban J connectivity index is 1.81. The molecule has 2 rings (SSSR count). The SMILES string of the molecule is CC(C)c1nn(C)c(NCCCN2CCCCC2C)c1N. The molecule has 0 saturated carbocycles. The second kappa shape index (κ2) is 7.16. The van der Waals surface area contributed by atoms with Crippen LogP contribution in [-0.2, 0) is 7.05 Å². The number of aromatic nitrogens is 2. The molecule has 1 saturated heterocycles. The molecule has 5 heteroatoms. The highest BCUT2D eigenvalue weighted by Gasteiger charge is 2.18. The van der Waals surface area contributed by atoms with Crippen LogP contribution in [0.2, 0.25) is 0 Å². The molecule has 1 aromatic heterocycles. The quantitative estimate of drug-likeness (QED) is 0.792. The van der Waals surface area contributed by atoms with Gasteiger partial charge >= 0.3 is 0 Å². The third-order valence-corrected chi connectivity index (χ3v) is 4.51. The minimum Gasteiger partial charge on any atom is -0.394 e. The van der Waals surface area contributed by atoms with E-state index in [-0.39, 0.29) is 0 Å². The summed E-state index contributed by atoms with van der Waals surface area (Å²) in [5.41, 5.74) is 7.99. The Labute approximate surface area is 128 Å². The summed E-state index contributed by atoms with van der Waals surface area (Å²) < 4.78 is 1.87. The molecule has 1 aromatic rings. The van der Waals surface area contributed by atoms with E-state index >= 15 is 0 Å². The van der Waals surface area contributed by atoms with Crippen LogP contribution in [-0.4, -0.2) is 40.4 Å². The lowest BCUT2D eigenvalue weighted by Gasteiger charge is -2.33. The number of nitrogens with zero attached hydrogens (tertiary/aromatic N) is 3. The normalized spacial score (nSPS) is 20.1. The van der Waals surface area contributed by atoms with Crippen molar-refractivity contribution in [3.05, 3.63) is 5.69 Å². The summed E-state index contributed by atoms with van der Waals surface area (Å²) in [7, 11) is 1.96. The molecule has 0 spiro atoms. The third-order valence-electron chi connectivity index (χ3n) is 4.51. The summed E-state index contributed by atoms with van der Waals surface area (Å²) in [6.07, 6.45) is 5.23. The van der Waals surface area contributed by atoms with Gasteiger partial charge in [0.15, 0.2) is 0 Å². The lowest BCUT2D eigenvalue weighted by molar-refractivity contribution is 0.160. The zero-order valence-corrected chi connectivity index (χ0v) is 14.0. The van der Waals surface area contributed by atoms with Crippen LogP contribution in [0.5, 0.6) is 0 Å². The van der Waals surface area contributed by atoms with E-state index < -0.39 is 0 Å². The van der Waals surface area contributed by atoms with Crippen LogP contribution in [0.25, 0.3) is 0 Å². The van der Waals surface area contributed by atoms with E-state index in [1.165, 1.54) is 32.4 Å². The van der Waals surface area contributed by atoms with E-state index in [9.17, 15) is 0 Å². The van der Waals surface area contributed by atoms with Crippen molar-refractivity contribution in [1.29, 1.82) is 0 Å². The number of aryl methyl sites for hydroxylation is 1. The van der Waals surface area contributed by atoms with Crippen LogP contribution in [0.3, 0.4) is 0 Å². The lowest BCUT2D eigenvalue weighted by atomic mass is 10.0. The van der Waals surface area contributed by atoms with Crippen LogP contribution in [0.4, 0.5) is 11.5 Å². The molecule has 0 aliphatic carbocycles. The number of piperidine rings is 1. The second-order valence-corrected chi connectivity index (χ2v) is 6.59. The molecule has 1 unspecified atom stereocenters. The maximum Gasteiger partial charge on any atom is 0.147 e. The van der Waals surface area contributed by atoms with Gasteiger partial charge in [0.1, 0.15) is 5.82 Å². The van der Waals surface area contributed by atoms with Gasteiger partial charge in [-0.1, -0.05) is 20.3 Å². The van der Waals surface area contributed by atoms with Crippen molar-refractivity contribution in [2.75, 3.05) is 30.7 Å². The van der Waals surface area contributed by atoms with Gasteiger partial charge in [0, 0.05) is 26.2 Å². The van der Waals surface area contributed by atoms with Gasteiger partial charge in [0.05, 0.1) is 11.4 Å². The summed E-state index contributed by atoms with van der Waals surface area (Å²) in [6, 6.07) is 0.744. The molecule has 1 fully saturated rings. The van der Waals surface area contributed by atoms with Crippen LogP contribution in [0.15, 0.2) is 0 Å². The Morgan fingerprint density at radius 3 is 2.76 bits per heavy atom. The Morgan fingerprint density at radius 1 is 1.38 bits per heavy atom. The fourth-order valence-electron chi connectivity index (χ4n) is 3.18. The number of rotatable bonds is 6. The summed E-state index contributed by atoms with van der Waals surface area (Å²) in [5.74, 6) is 1.33. The van der Waals surface area contributed by atoms with Crippen LogP contribution in [0.1, 0.15) is 58.1 Å². The third kappa shape index (κ3) is 3.90. The minimum absolute atomic E-state index is 0.362. The second-order valence-electron chi connectivity index (χ2n) is 6.59. The van der Waals surface area contributed by atoms with Gasteiger partial charge in [-0.15, -0.1) is 0 Å². The van der Waals surface area contributed by atoms with Crippen LogP contribution < -0.4 is 11.1 Å². The Kier molecular flexibility index (Phi) is 5.51. The van der Waals surface area contributed by atoms with Crippen molar-refractivity contribution < 1.29 is 0 Å². The molecule has 1 atom stereocenters. The first-order valence-corrected chi connectivity index (χ1v) is 8.31. The standard InChI is InChI=1S/C16H31N5/c1-12(2)15-14(17)16(20(4)19-15)18-9-7-11-21-10-6-5-8-13(21)3/h12-13,18H,5-11,17H2,1-4H3. The molecule has 5 nitrogen and oxygen atoms in total. The molecule has 2 heterocycles. The Morgan fingerprint density at radius 2 is 2.14 bits per heavy atom. The molecular formula is C16H31N5. The van der Waals surface area contributed by atoms with Gasteiger partial charge < -0.3 is 16.0 Å². The van der Waals surface area contributed by atoms with Crippen molar-refractivity contribution in [3.63, 3.8) is 0 Å². The summed E-state index contributed by atoms with van der Waals surface area (Å²) in [4.78, 5) is 2.61. The number of nitrogen functional groups attached to an aromatic ring is 1. The topological polar surface area (TPSA) is 59.1 Å². The van der Waals surface area contributed by atoms with Crippen LogP contribution >= 0.6 is 0 Å². The minimum atomic E-state index is 0.362. The van der Waals surface area contributed by atoms with Gasteiger partial charge in [-0.05, 0) is 38.6 Å². The van der Waals surface area contributed by atoms with E-state index in [2.05, 4.69) is 36.1 Å². The maximum absolute atomic E-state index is 6.20. The first kappa shape index (κ1) is 16.1. The molecule has 21 heavy (non-hydrogen) atoms. The molecule has 1 aliphatic heterocycles. The van der Waals surface area contributed by atoms with Gasteiger partial charge in [-0.2, -0.15) is 5.10 Å². The zero-order valence-electron chi connectivity index (χ0n) is 14.0. The number of likely N-dealkylation sites (tertiary alicyclic amines) is 1. The highest BCUT2D eigenvalue weighted by atomic mass is 15.3. The van der Waals surface area contributed by atoms with E-state index in [0.717, 1.165) is 36.2 Å². The Hall–Kier alpha value is -1.23. The average molecular weight is 293 g/mol. The van der Waals surface area contributed by atoms with E-state index in [4.69, 9.17) is 5.73 Å². The molecular weight excluding hydrogens is 262 g/mol. The van der Waals surface area contributed by atoms with Gasteiger partial charge in [-0.25, -0.2) is 0 Å². The van der Waals surface area contributed by atoms with Crippen molar-refractivity contribution in [1.82, 2.24) is 14.7 Å². The predicted octanol–water partition coefficient (Wildman–Crippen LogP) is 2.80. The number of nitrogens with one attached hydrogen (secondary N) is 1. The highest BCUT2D eigenvalue weighted by molar-refractivity contribution is 5.65. The van der Waals surface area contributed by atoms with Gasteiger partial charge in [0.25, 0.3) is 0 Å². The highest BCUT2D eigenvalue weighted by Crippen LogP contribution is 2.27. The first-order valence-electron chi connectivity index (χ1n) is 8.31. The Bertz CT molecular complexity index is 452. The number of anilines is 2. The first-order chi connectivity index (χ1) is 10.0. The van der Waals surface area contributed by atoms with Crippen molar-refractivity contribution in [2.24, 2.45) is 7.05 Å². The van der Waals surface area contributed by atoms with E-state index in [1.54, 1.807) is 0 Å². The zero-order chi connectivity index (χ0) is 15.4. The summed E-state index contributed by atoms with van der Waals surface area (Å²) >= 11 is 0. The fourth-order valence-corrected chi connectivity index (χ4v) is 3.18. The smallest absolute Gasteiger partial charge is 0.147 e. The molecule has 0 bridgehead atoms. The average Bonchev–Trinajstić information content (AvgIpc) is 2.73. The molecule has 0 amide bonds. The maximum atomic E-state index is 6.20. The summed E-state index contributed by atoms with van der Waals surface area (Å²) in [6.45, 7) is 9.97. The van der Waals surface area contributed by atoms with Crippen molar-refractivity contribution in [3.8, 4) is 0 Å². The number of hydrogen-bond acceptors (Lipinski definition) is 4. The van der Waals surface area contributed by atoms with Crippen LogP contribution in [0, 0.1) is 0 Å². The van der Waals surface area contributed by atoms with E-state index in [0.29, 0.717) is 5.92 Å². The molecule has 0 radical (unpaired) electrons. The monoisotopic (exact) mass is 293 g/mol. The molecule has 1 aliphatic rings. The van der Waals surface area contributed by atoms with Crippen molar-refractivity contribution >= 4 is 11.5 Å².